The summed E-state index contributed by atoms with van der Waals surface area (Å²) >= 11 is 5.85. The van der Waals surface area contributed by atoms with Gasteiger partial charge in [-0.3, -0.25) is 4.79 Å². The van der Waals surface area contributed by atoms with Gasteiger partial charge in [0.15, 0.2) is 0 Å². The summed E-state index contributed by atoms with van der Waals surface area (Å²) in [6.45, 7) is 2.70. The topological polar surface area (TPSA) is 64.7 Å². The Morgan fingerprint density at radius 2 is 1.33 bits per heavy atom. The van der Waals surface area contributed by atoms with Crippen molar-refractivity contribution in [2.45, 2.75) is 6.42 Å². The maximum absolute atomic E-state index is 13.0. The Kier molecular flexibility index (Phi) is 7.10. The summed E-state index contributed by atoms with van der Waals surface area (Å²) in [7, 11) is 0. The van der Waals surface area contributed by atoms with E-state index in [1.807, 2.05) is 29.2 Å². The molecule has 1 aliphatic rings. The van der Waals surface area contributed by atoms with E-state index >= 15 is 0 Å². The highest BCUT2D eigenvalue weighted by Crippen LogP contribution is 2.20. The van der Waals surface area contributed by atoms with Gasteiger partial charge < -0.3 is 20.4 Å². The molecular formula is C25H24ClFN4O2. The van der Waals surface area contributed by atoms with Crippen molar-refractivity contribution in [2.24, 2.45) is 0 Å². The molecule has 1 saturated heterocycles. The Hall–Kier alpha value is -3.58. The first-order valence-electron chi connectivity index (χ1n) is 10.7. The van der Waals surface area contributed by atoms with E-state index in [1.54, 1.807) is 36.4 Å². The zero-order chi connectivity index (χ0) is 23.2. The molecule has 1 fully saturated rings. The number of piperazine rings is 1. The number of rotatable bonds is 5. The SMILES string of the molecule is O=C(Nc1ccc(Cl)cc1)Nc1ccc(N2CCN(C(=O)Cc3ccc(F)cc3)CC2)cc1. The summed E-state index contributed by atoms with van der Waals surface area (Å²) in [6, 6.07) is 20.2. The lowest BCUT2D eigenvalue weighted by atomic mass is 10.1. The quantitative estimate of drug-likeness (QED) is 0.555. The van der Waals surface area contributed by atoms with E-state index in [2.05, 4.69) is 15.5 Å². The summed E-state index contributed by atoms with van der Waals surface area (Å²) in [5.74, 6) is -0.254. The summed E-state index contributed by atoms with van der Waals surface area (Å²) in [4.78, 5) is 28.8. The minimum Gasteiger partial charge on any atom is -0.368 e. The zero-order valence-electron chi connectivity index (χ0n) is 17.9. The standard InChI is InChI=1S/C25H24ClFN4O2/c26-19-3-7-21(8-4-19)28-25(33)29-22-9-11-23(12-10-22)30-13-15-31(16-14-30)24(32)17-18-1-5-20(27)6-2-18/h1-12H,13-17H2,(H2,28,29,33). The Morgan fingerprint density at radius 3 is 1.91 bits per heavy atom. The highest BCUT2D eigenvalue weighted by Gasteiger charge is 2.21. The fourth-order valence-electron chi connectivity index (χ4n) is 3.68. The number of benzene rings is 3. The number of carbonyl (C=O) groups excluding carboxylic acids is 2. The number of hydrogen-bond donors (Lipinski definition) is 2. The predicted molar refractivity (Wildman–Crippen MR) is 129 cm³/mol. The molecule has 4 rings (SSSR count). The van der Waals surface area contributed by atoms with Crippen LogP contribution < -0.4 is 15.5 Å². The van der Waals surface area contributed by atoms with Gasteiger partial charge in [-0.2, -0.15) is 0 Å². The largest absolute Gasteiger partial charge is 0.368 e. The number of urea groups is 1. The minimum atomic E-state index is -0.335. The van der Waals surface area contributed by atoms with Gasteiger partial charge in [0, 0.05) is 48.3 Å². The Bertz CT molecular complexity index is 1100. The maximum Gasteiger partial charge on any atom is 0.323 e. The third-order valence-corrected chi connectivity index (χ3v) is 5.75. The van der Waals surface area contributed by atoms with Gasteiger partial charge in [-0.15, -0.1) is 0 Å². The maximum atomic E-state index is 13.0. The normalized spacial score (nSPS) is 13.5. The number of amides is 3. The molecule has 0 spiro atoms. The molecule has 0 radical (unpaired) electrons. The molecule has 33 heavy (non-hydrogen) atoms. The molecule has 0 saturated carbocycles. The van der Waals surface area contributed by atoms with Crippen LogP contribution in [0.2, 0.25) is 5.02 Å². The van der Waals surface area contributed by atoms with E-state index < -0.39 is 0 Å². The van der Waals surface area contributed by atoms with Gasteiger partial charge in [0.05, 0.1) is 6.42 Å². The highest BCUT2D eigenvalue weighted by molar-refractivity contribution is 6.30. The average molecular weight is 467 g/mol. The summed E-state index contributed by atoms with van der Waals surface area (Å²) in [5.41, 5.74) is 3.18. The lowest BCUT2D eigenvalue weighted by Gasteiger charge is -2.36. The molecule has 1 aliphatic heterocycles. The smallest absolute Gasteiger partial charge is 0.323 e. The second-order valence-electron chi connectivity index (χ2n) is 7.80. The van der Waals surface area contributed by atoms with E-state index in [4.69, 9.17) is 11.6 Å². The van der Waals surface area contributed by atoms with Crippen LogP contribution in [0.4, 0.5) is 26.2 Å². The Morgan fingerprint density at radius 1 is 0.788 bits per heavy atom. The summed E-state index contributed by atoms with van der Waals surface area (Å²) in [6.07, 6.45) is 0.277. The fraction of sp³-hybridized carbons (Fsp3) is 0.200. The predicted octanol–water partition coefficient (Wildman–Crippen LogP) is 5.01. The van der Waals surface area contributed by atoms with Crippen LogP contribution in [-0.2, 0) is 11.2 Å². The first-order chi connectivity index (χ1) is 16.0. The van der Waals surface area contributed by atoms with Crippen molar-refractivity contribution in [1.82, 2.24) is 4.90 Å². The molecule has 3 aromatic rings. The van der Waals surface area contributed by atoms with Crippen LogP contribution in [0.5, 0.6) is 0 Å². The zero-order valence-corrected chi connectivity index (χ0v) is 18.7. The van der Waals surface area contributed by atoms with Gasteiger partial charge in [0.25, 0.3) is 0 Å². The lowest BCUT2D eigenvalue weighted by molar-refractivity contribution is -0.130. The first kappa shape index (κ1) is 22.6. The number of hydrogen-bond acceptors (Lipinski definition) is 3. The molecule has 0 aliphatic carbocycles. The van der Waals surface area contributed by atoms with Crippen LogP contribution >= 0.6 is 11.6 Å². The summed E-state index contributed by atoms with van der Waals surface area (Å²) < 4.78 is 13.0. The van der Waals surface area contributed by atoms with E-state index in [-0.39, 0.29) is 24.2 Å². The van der Waals surface area contributed by atoms with Crippen LogP contribution in [0.1, 0.15) is 5.56 Å². The second kappa shape index (κ2) is 10.4. The van der Waals surface area contributed by atoms with Crippen molar-refractivity contribution in [1.29, 1.82) is 0 Å². The lowest BCUT2D eigenvalue weighted by Crippen LogP contribution is -2.49. The first-order valence-corrected chi connectivity index (χ1v) is 11.0. The minimum absolute atomic E-state index is 0.0486. The van der Waals surface area contributed by atoms with Crippen molar-refractivity contribution in [3.8, 4) is 0 Å². The molecule has 0 unspecified atom stereocenters. The van der Waals surface area contributed by atoms with Crippen LogP contribution in [0.15, 0.2) is 72.8 Å². The van der Waals surface area contributed by atoms with E-state index in [1.165, 1.54) is 12.1 Å². The number of halogens is 2. The van der Waals surface area contributed by atoms with Crippen LogP contribution in [0.25, 0.3) is 0 Å². The highest BCUT2D eigenvalue weighted by atomic mass is 35.5. The number of anilines is 3. The van der Waals surface area contributed by atoms with Crippen molar-refractivity contribution < 1.29 is 14.0 Å². The number of carbonyl (C=O) groups is 2. The second-order valence-corrected chi connectivity index (χ2v) is 8.24. The van der Waals surface area contributed by atoms with Gasteiger partial charge in [-0.05, 0) is 66.2 Å². The monoisotopic (exact) mass is 466 g/mol. The average Bonchev–Trinajstić information content (AvgIpc) is 2.82. The third-order valence-electron chi connectivity index (χ3n) is 5.49. The van der Waals surface area contributed by atoms with Crippen LogP contribution in [0.3, 0.4) is 0 Å². The summed E-state index contributed by atoms with van der Waals surface area (Å²) in [5, 5.41) is 6.17. The van der Waals surface area contributed by atoms with Crippen molar-refractivity contribution in [3.63, 3.8) is 0 Å². The Balaban J connectivity index is 1.25. The van der Waals surface area contributed by atoms with Gasteiger partial charge >= 0.3 is 6.03 Å². The molecule has 8 heteroatoms. The van der Waals surface area contributed by atoms with E-state index in [0.29, 0.717) is 29.5 Å². The molecule has 0 atom stereocenters. The number of nitrogens with one attached hydrogen (secondary N) is 2. The Labute approximate surface area is 197 Å². The molecule has 0 aromatic heterocycles. The van der Waals surface area contributed by atoms with Crippen molar-refractivity contribution >= 4 is 40.6 Å². The van der Waals surface area contributed by atoms with Crippen molar-refractivity contribution in [3.05, 3.63) is 89.2 Å². The molecule has 170 valence electrons. The van der Waals surface area contributed by atoms with Gasteiger partial charge in [-0.1, -0.05) is 23.7 Å². The molecule has 3 amide bonds. The molecule has 6 nitrogen and oxygen atoms in total. The fourth-order valence-corrected chi connectivity index (χ4v) is 3.81. The molecule has 2 N–H and O–H groups in total. The van der Waals surface area contributed by atoms with Crippen LogP contribution in [0, 0.1) is 5.82 Å². The molecular weight excluding hydrogens is 443 g/mol. The molecule has 1 heterocycles. The molecule has 0 bridgehead atoms. The van der Waals surface area contributed by atoms with Crippen LogP contribution in [-0.4, -0.2) is 43.0 Å². The van der Waals surface area contributed by atoms with Gasteiger partial charge in [-0.25, -0.2) is 9.18 Å². The van der Waals surface area contributed by atoms with E-state index in [0.717, 1.165) is 24.3 Å². The third kappa shape index (κ3) is 6.23. The van der Waals surface area contributed by atoms with E-state index in [9.17, 15) is 14.0 Å². The number of nitrogens with zero attached hydrogens (tertiary/aromatic N) is 2. The van der Waals surface area contributed by atoms with Crippen molar-refractivity contribution in [2.75, 3.05) is 41.7 Å². The van der Waals surface area contributed by atoms with Gasteiger partial charge in [0.2, 0.25) is 5.91 Å². The molecule has 3 aromatic carbocycles. The van der Waals surface area contributed by atoms with Gasteiger partial charge in [0.1, 0.15) is 5.82 Å².